The lowest BCUT2D eigenvalue weighted by Gasteiger charge is -2.07. The van der Waals surface area contributed by atoms with Crippen LogP contribution in [-0.2, 0) is 4.79 Å². The van der Waals surface area contributed by atoms with Gasteiger partial charge in [0, 0.05) is 11.8 Å². The Labute approximate surface area is 121 Å². The van der Waals surface area contributed by atoms with E-state index in [1.165, 1.54) is 13.2 Å². The summed E-state index contributed by atoms with van der Waals surface area (Å²) < 4.78 is 4.94. The van der Waals surface area contributed by atoms with Gasteiger partial charge in [-0.05, 0) is 12.1 Å². The molecule has 0 aliphatic rings. The Morgan fingerprint density at radius 2 is 2.05 bits per heavy atom. The molecule has 2 N–H and O–H groups in total. The van der Waals surface area contributed by atoms with Crippen LogP contribution in [0.5, 0.6) is 5.88 Å². The highest BCUT2D eigenvalue weighted by Crippen LogP contribution is 2.15. The number of halogens is 1. The second kappa shape index (κ2) is 6.72. The van der Waals surface area contributed by atoms with Gasteiger partial charge in [0.25, 0.3) is 0 Å². The van der Waals surface area contributed by atoms with E-state index in [0.29, 0.717) is 0 Å². The Morgan fingerprint density at radius 3 is 2.75 bits per heavy atom. The summed E-state index contributed by atoms with van der Waals surface area (Å²) in [5.74, 6) is 0.115. The highest BCUT2D eigenvalue weighted by atomic mass is 35.5. The van der Waals surface area contributed by atoms with Crippen molar-refractivity contribution < 1.29 is 9.53 Å². The lowest BCUT2D eigenvalue weighted by Crippen LogP contribution is -2.23. The normalized spacial score (nSPS) is 9.90. The van der Waals surface area contributed by atoms with Gasteiger partial charge in [-0.2, -0.15) is 4.98 Å². The van der Waals surface area contributed by atoms with Crippen LogP contribution in [0.25, 0.3) is 0 Å². The third-order valence-corrected chi connectivity index (χ3v) is 2.55. The Bertz CT molecular complexity index is 592. The van der Waals surface area contributed by atoms with E-state index in [2.05, 4.69) is 20.6 Å². The first-order valence-electron chi connectivity index (χ1n) is 5.85. The first-order valence-corrected chi connectivity index (χ1v) is 6.22. The molecule has 104 valence electrons. The number of amides is 1. The number of nitrogens with zero attached hydrogens (tertiary/aromatic N) is 2. The van der Waals surface area contributed by atoms with Gasteiger partial charge >= 0.3 is 0 Å². The van der Waals surface area contributed by atoms with Gasteiger partial charge in [-0.15, -0.1) is 0 Å². The van der Waals surface area contributed by atoms with E-state index >= 15 is 0 Å². The van der Waals surface area contributed by atoms with Gasteiger partial charge in [-0.25, -0.2) is 4.98 Å². The van der Waals surface area contributed by atoms with E-state index in [0.717, 1.165) is 5.69 Å². The number of anilines is 2. The zero-order chi connectivity index (χ0) is 14.4. The predicted octanol–water partition coefficient (Wildman–Crippen LogP) is 2.19. The average molecular weight is 293 g/mol. The molecule has 0 aliphatic carbocycles. The minimum absolute atomic E-state index is 0.0994. The number of carbonyl (C=O) groups excluding carboxylic acids is 1. The summed E-state index contributed by atoms with van der Waals surface area (Å²) in [4.78, 5) is 19.6. The largest absolute Gasteiger partial charge is 0.481 e. The molecule has 0 spiro atoms. The van der Waals surface area contributed by atoms with Crippen molar-refractivity contribution in [1.82, 2.24) is 9.97 Å². The number of para-hydroxylation sites is 1. The summed E-state index contributed by atoms with van der Waals surface area (Å²) in [5.41, 5.74) is 0.854. The third kappa shape index (κ3) is 4.10. The van der Waals surface area contributed by atoms with Gasteiger partial charge in [0.15, 0.2) is 0 Å². The van der Waals surface area contributed by atoms with E-state index < -0.39 is 0 Å². The molecule has 1 amide bonds. The zero-order valence-corrected chi connectivity index (χ0v) is 11.5. The topological polar surface area (TPSA) is 76.1 Å². The summed E-state index contributed by atoms with van der Waals surface area (Å²) in [6.45, 7) is 0.0994. The molecule has 0 unspecified atom stereocenters. The fourth-order valence-electron chi connectivity index (χ4n) is 1.46. The maximum atomic E-state index is 11.8. The van der Waals surface area contributed by atoms with Crippen LogP contribution in [0.2, 0.25) is 5.15 Å². The number of ether oxygens (including phenoxy) is 1. The highest BCUT2D eigenvalue weighted by molar-refractivity contribution is 6.29. The molecule has 0 bridgehead atoms. The zero-order valence-electron chi connectivity index (χ0n) is 10.8. The van der Waals surface area contributed by atoms with Crippen molar-refractivity contribution in [3.05, 3.63) is 41.6 Å². The van der Waals surface area contributed by atoms with Crippen molar-refractivity contribution >= 4 is 29.1 Å². The van der Waals surface area contributed by atoms with Crippen molar-refractivity contribution in [2.75, 3.05) is 24.3 Å². The number of carbonyl (C=O) groups is 1. The Morgan fingerprint density at radius 1 is 1.30 bits per heavy atom. The van der Waals surface area contributed by atoms with Gasteiger partial charge in [-0.3, -0.25) is 10.1 Å². The second-order valence-electron chi connectivity index (χ2n) is 3.82. The number of methoxy groups -OCH3 is 1. The molecule has 1 heterocycles. The lowest BCUT2D eigenvalue weighted by atomic mass is 10.3. The fraction of sp³-hybridized carbons (Fsp3) is 0.154. The van der Waals surface area contributed by atoms with Crippen LogP contribution in [0.4, 0.5) is 11.6 Å². The minimum Gasteiger partial charge on any atom is -0.481 e. The number of rotatable bonds is 5. The molecule has 0 atom stereocenters. The van der Waals surface area contributed by atoms with E-state index in [4.69, 9.17) is 16.3 Å². The Balaban J connectivity index is 1.93. The number of nitrogens with one attached hydrogen (secondary N) is 2. The quantitative estimate of drug-likeness (QED) is 0.826. The molecule has 0 saturated carbocycles. The van der Waals surface area contributed by atoms with E-state index in [1.54, 1.807) is 0 Å². The van der Waals surface area contributed by atoms with Crippen molar-refractivity contribution in [3.8, 4) is 5.88 Å². The van der Waals surface area contributed by atoms with Crippen LogP contribution in [0.1, 0.15) is 0 Å². The monoisotopic (exact) mass is 292 g/mol. The molecule has 1 aromatic heterocycles. The second-order valence-corrected chi connectivity index (χ2v) is 4.21. The van der Waals surface area contributed by atoms with Crippen LogP contribution in [0, 0.1) is 0 Å². The van der Waals surface area contributed by atoms with E-state index in [1.807, 2.05) is 30.3 Å². The Kier molecular flexibility index (Phi) is 4.73. The summed E-state index contributed by atoms with van der Waals surface area (Å²) in [5, 5.41) is 5.71. The van der Waals surface area contributed by atoms with Crippen LogP contribution >= 0.6 is 11.6 Å². The molecule has 1 aromatic carbocycles. The van der Waals surface area contributed by atoms with E-state index in [-0.39, 0.29) is 29.4 Å². The van der Waals surface area contributed by atoms with Crippen LogP contribution in [-0.4, -0.2) is 29.5 Å². The number of aromatic nitrogens is 2. The number of hydrogen-bond donors (Lipinski definition) is 2. The van der Waals surface area contributed by atoms with Gasteiger partial charge in [0.2, 0.25) is 17.7 Å². The molecular formula is C13H13ClN4O2. The van der Waals surface area contributed by atoms with Gasteiger partial charge in [0.1, 0.15) is 5.15 Å². The molecular weight excluding hydrogens is 280 g/mol. The summed E-state index contributed by atoms with van der Waals surface area (Å²) in [6, 6.07) is 10.9. The van der Waals surface area contributed by atoms with Crippen LogP contribution in [0.3, 0.4) is 0 Å². The van der Waals surface area contributed by atoms with Crippen LogP contribution in [0.15, 0.2) is 36.4 Å². The lowest BCUT2D eigenvalue weighted by molar-refractivity contribution is -0.114. The van der Waals surface area contributed by atoms with Crippen molar-refractivity contribution in [2.45, 2.75) is 0 Å². The van der Waals surface area contributed by atoms with Gasteiger partial charge < -0.3 is 10.1 Å². The smallest absolute Gasteiger partial charge is 0.246 e. The van der Waals surface area contributed by atoms with Crippen molar-refractivity contribution in [3.63, 3.8) is 0 Å². The number of hydrogen-bond acceptors (Lipinski definition) is 5. The standard InChI is InChI=1S/C13H13ClN4O2/c1-20-12-7-10(14)16-13(18-12)17-11(19)8-15-9-5-3-2-4-6-9/h2-7,15H,8H2,1H3,(H,16,17,18,19). The predicted molar refractivity (Wildman–Crippen MR) is 77.2 cm³/mol. The summed E-state index contributed by atoms with van der Waals surface area (Å²) in [7, 11) is 1.46. The van der Waals surface area contributed by atoms with Crippen molar-refractivity contribution in [1.29, 1.82) is 0 Å². The first kappa shape index (κ1) is 14.1. The maximum Gasteiger partial charge on any atom is 0.246 e. The Hall–Kier alpha value is -2.34. The fourth-order valence-corrected chi connectivity index (χ4v) is 1.64. The minimum atomic E-state index is -0.279. The molecule has 0 saturated heterocycles. The summed E-state index contributed by atoms with van der Waals surface area (Å²) in [6.07, 6.45) is 0. The highest BCUT2D eigenvalue weighted by Gasteiger charge is 2.07. The number of benzene rings is 1. The molecule has 20 heavy (non-hydrogen) atoms. The maximum absolute atomic E-state index is 11.8. The van der Waals surface area contributed by atoms with Gasteiger partial charge in [-0.1, -0.05) is 29.8 Å². The summed E-state index contributed by atoms with van der Waals surface area (Å²) >= 11 is 5.79. The van der Waals surface area contributed by atoms with Crippen LogP contribution < -0.4 is 15.4 Å². The molecule has 0 fully saturated rings. The molecule has 7 heteroatoms. The molecule has 2 rings (SSSR count). The molecule has 6 nitrogen and oxygen atoms in total. The first-order chi connectivity index (χ1) is 9.67. The molecule has 2 aromatic rings. The SMILES string of the molecule is COc1cc(Cl)nc(NC(=O)CNc2ccccc2)n1. The third-order valence-electron chi connectivity index (χ3n) is 2.36. The van der Waals surface area contributed by atoms with E-state index in [9.17, 15) is 4.79 Å². The molecule has 0 aliphatic heterocycles. The van der Waals surface area contributed by atoms with Crippen molar-refractivity contribution in [2.24, 2.45) is 0 Å². The average Bonchev–Trinajstić information content (AvgIpc) is 2.45. The molecule has 0 radical (unpaired) electrons. The van der Waals surface area contributed by atoms with Gasteiger partial charge in [0.05, 0.1) is 13.7 Å².